The van der Waals surface area contributed by atoms with E-state index in [1.807, 2.05) is 19.1 Å². The molecule has 0 spiro atoms. The van der Waals surface area contributed by atoms with Gasteiger partial charge in [0.25, 0.3) is 0 Å². The van der Waals surface area contributed by atoms with E-state index in [9.17, 15) is 13.2 Å². The first kappa shape index (κ1) is 16.2. The van der Waals surface area contributed by atoms with Gasteiger partial charge in [-0.15, -0.1) is 11.3 Å². The SMILES string of the molecule is CC(Nc1ccccc1OCC(F)(F)F)c1ccc(Br)s1. The van der Waals surface area contributed by atoms with Gasteiger partial charge in [0.05, 0.1) is 15.5 Å². The van der Waals surface area contributed by atoms with Crippen molar-refractivity contribution in [2.24, 2.45) is 0 Å². The van der Waals surface area contributed by atoms with Crippen molar-refractivity contribution in [1.29, 1.82) is 0 Å². The minimum atomic E-state index is -4.35. The number of para-hydroxylation sites is 2. The summed E-state index contributed by atoms with van der Waals surface area (Å²) in [5, 5.41) is 3.17. The molecule has 114 valence electrons. The van der Waals surface area contributed by atoms with E-state index in [4.69, 9.17) is 4.74 Å². The molecule has 1 aromatic carbocycles. The number of benzene rings is 1. The highest BCUT2D eigenvalue weighted by Crippen LogP contribution is 2.33. The number of alkyl halides is 3. The molecule has 0 fully saturated rings. The fourth-order valence-electron chi connectivity index (χ4n) is 1.74. The minimum Gasteiger partial charge on any atom is -0.482 e. The van der Waals surface area contributed by atoms with E-state index < -0.39 is 12.8 Å². The summed E-state index contributed by atoms with van der Waals surface area (Å²) in [7, 11) is 0. The second kappa shape index (κ2) is 6.70. The van der Waals surface area contributed by atoms with E-state index in [0.29, 0.717) is 5.69 Å². The van der Waals surface area contributed by atoms with Crippen molar-refractivity contribution in [1.82, 2.24) is 0 Å². The maximum Gasteiger partial charge on any atom is 0.422 e. The van der Waals surface area contributed by atoms with Crippen LogP contribution in [0, 0.1) is 0 Å². The summed E-state index contributed by atoms with van der Waals surface area (Å²) in [4.78, 5) is 1.08. The molecule has 1 N–H and O–H groups in total. The van der Waals surface area contributed by atoms with Gasteiger partial charge in [0.1, 0.15) is 5.75 Å². The fourth-order valence-corrected chi connectivity index (χ4v) is 3.16. The van der Waals surface area contributed by atoms with Crippen molar-refractivity contribution in [3.8, 4) is 5.75 Å². The van der Waals surface area contributed by atoms with E-state index in [0.717, 1.165) is 8.66 Å². The van der Waals surface area contributed by atoms with Crippen LogP contribution in [0.2, 0.25) is 0 Å². The second-order valence-electron chi connectivity index (χ2n) is 4.41. The average Bonchev–Trinajstić information content (AvgIpc) is 2.83. The van der Waals surface area contributed by atoms with Gasteiger partial charge in [-0.1, -0.05) is 12.1 Å². The molecule has 2 aromatic rings. The number of ether oxygens (including phenoxy) is 1. The third kappa shape index (κ3) is 4.93. The molecule has 0 aliphatic rings. The molecule has 1 heterocycles. The quantitative estimate of drug-likeness (QED) is 0.727. The zero-order valence-electron chi connectivity index (χ0n) is 11.1. The monoisotopic (exact) mass is 379 g/mol. The standard InChI is InChI=1S/C14H13BrF3NOS/c1-9(12-6-7-13(15)21-12)19-10-4-2-3-5-11(10)20-8-14(16,17)18/h2-7,9,19H,8H2,1H3. The Kier molecular flexibility index (Phi) is 5.16. The number of thiophene rings is 1. The van der Waals surface area contributed by atoms with Crippen LogP contribution in [0.15, 0.2) is 40.2 Å². The van der Waals surface area contributed by atoms with E-state index in [1.165, 1.54) is 6.07 Å². The summed E-state index contributed by atoms with van der Waals surface area (Å²) in [6.07, 6.45) is -4.35. The number of halogens is 4. The van der Waals surface area contributed by atoms with E-state index in [2.05, 4.69) is 21.2 Å². The van der Waals surface area contributed by atoms with Crippen LogP contribution in [0.1, 0.15) is 17.8 Å². The Balaban J connectivity index is 2.09. The maximum absolute atomic E-state index is 12.3. The van der Waals surface area contributed by atoms with E-state index >= 15 is 0 Å². The molecule has 0 aliphatic carbocycles. The normalized spacial score (nSPS) is 13.0. The summed E-state index contributed by atoms with van der Waals surface area (Å²) in [5.41, 5.74) is 0.541. The Bertz CT molecular complexity index is 600. The topological polar surface area (TPSA) is 21.3 Å². The molecule has 2 rings (SSSR count). The van der Waals surface area contributed by atoms with E-state index in [-0.39, 0.29) is 11.8 Å². The van der Waals surface area contributed by atoms with Gasteiger partial charge in [0.15, 0.2) is 6.61 Å². The Hall–Kier alpha value is -1.21. The van der Waals surface area contributed by atoms with Crippen LogP contribution in [0.25, 0.3) is 0 Å². The van der Waals surface area contributed by atoms with E-state index in [1.54, 1.807) is 29.5 Å². The fraction of sp³-hybridized carbons (Fsp3) is 0.286. The highest BCUT2D eigenvalue weighted by atomic mass is 79.9. The van der Waals surface area contributed by atoms with Crippen LogP contribution >= 0.6 is 27.3 Å². The van der Waals surface area contributed by atoms with Crippen molar-refractivity contribution >= 4 is 33.0 Å². The number of anilines is 1. The largest absolute Gasteiger partial charge is 0.482 e. The molecular weight excluding hydrogens is 367 g/mol. The van der Waals surface area contributed by atoms with Gasteiger partial charge in [-0.2, -0.15) is 13.2 Å². The van der Waals surface area contributed by atoms with Crippen molar-refractivity contribution in [2.75, 3.05) is 11.9 Å². The zero-order chi connectivity index (χ0) is 15.5. The first-order valence-electron chi connectivity index (χ1n) is 6.15. The van der Waals surface area contributed by atoms with Gasteiger partial charge >= 0.3 is 6.18 Å². The maximum atomic E-state index is 12.3. The highest BCUT2D eigenvalue weighted by Gasteiger charge is 2.28. The van der Waals surface area contributed by atoms with Gasteiger partial charge in [0, 0.05) is 4.88 Å². The second-order valence-corrected chi connectivity index (χ2v) is 6.90. The molecule has 1 aromatic heterocycles. The molecule has 21 heavy (non-hydrogen) atoms. The lowest BCUT2D eigenvalue weighted by molar-refractivity contribution is -0.153. The van der Waals surface area contributed by atoms with Crippen LogP contribution in [-0.2, 0) is 0 Å². The predicted octanol–water partition coefficient (Wildman–Crippen LogP) is 5.62. The third-order valence-corrected chi connectivity index (χ3v) is 4.48. The summed E-state index contributed by atoms with van der Waals surface area (Å²) in [6, 6.07) is 10.5. The molecule has 0 aliphatic heterocycles. The lowest BCUT2D eigenvalue weighted by Gasteiger charge is -2.18. The Morgan fingerprint density at radius 2 is 1.95 bits per heavy atom. The summed E-state index contributed by atoms with van der Waals surface area (Å²) < 4.78 is 42.6. The molecular formula is C14H13BrF3NOS. The number of nitrogens with one attached hydrogen (secondary N) is 1. The summed E-state index contributed by atoms with van der Waals surface area (Å²) >= 11 is 4.96. The lowest BCUT2D eigenvalue weighted by atomic mass is 10.2. The van der Waals surface area contributed by atoms with Crippen molar-refractivity contribution in [3.63, 3.8) is 0 Å². The molecule has 1 atom stereocenters. The number of hydrogen-bond acceptors (Lipinski definition) is 3. The van der Waals surface area contributed by atoms with Crippen LogP contribution in [0.3, 0.4) is 0 Å². The zero-order valence-corrected chi connectivity index (χ0v) is 13.5. The Labute approximate surface area is 133 Å². The van der Waals surface area contributed by atoms with Crippen molar-refractivity contribution in [3.05, 3.63) is 45.1 Å². The third-order valence-electron chi connectivity index (χ3n) is 2.67. The average molecular weight is 380 g/mol. The molecule has 1 unspecified atom stereocenters. The first-order chi connectivity index (χ1) is 9.85. The van der Waals surface area contributed by atoms with Gasteiger partial charge < -0.3 is 10.1 Å². The number of rotatable bonds is 5. The van der Waals surface area contributed by atoms with Gasteiger partial charge in [-0.25, -0.2) is 0 Å². The molecule has 2 nitrogen and oxygen atoms in total. The smallest absolute Gasteiger partial charge is 0.422 e. The minimum absolute atomic E-state index is 0.0306. The van der Waals surface area contributed by atoms with Gasteiger partial charge in [-0.05, 0) is 47.1 Å². The van der Waals surface area contributed by atoms with Crippen LogP contribution in [-0.4, -0.2) is 12.8 Å². The molecule has 7 heteroatoms. The van der Waals surface area contributed by atoms with Crippen LogP contribution in [0.4, 0.5) is 18.9 Å². The van der Waals surface area contributed by atoms with Crippen LogP contribution in [0.5, 0.6) is 5.75 Å². The molecule has 0 saturated heterocycles. The van der Waals surface area contributed by atoms with Gasteiger partial charge in [-0.3, -0.25) is 0 Å². The lowest BCUT2D eigenvalue weighted by Crippen LogP contribution is -2.20. The first-order valence-corrected chi connectivity index (χ1v) is 7.76. The predicted molar refractivity (Wildman–Crippen MR) is 82.0 cm³/mol. The van der Waals surface area contributed by atoms with Gasteiger partial charge in [0.2, 0.25) is 0 Å². The summed E-state index contributed by atoms with van der Waals surface area (Å²) in [5.74, 6) is 0.192. The van der Waals surface area contributed by atoms with Crippen molar-refractivity contribution in [2.45, 2.75) is 19.1 Å². The molecule has 0 radical (unpaired) electrons. The summed E-state index contributed by atoms with van der Waals surface area (Å²) in [6.45, 7) is 0.642. The Morgan fingerprint density at radius 3 is 2.57 bits per heavy atom. The Morgan fingerprint density at radius 1 is 1.24 bits per heavy atom. The highest BCUT2D eigenvalue weighted by molar-refractivity contribution is 9.11. The molecule has 0 saturated carbocycles. The van der Waals surface area contributed by atoms with Crippen LogP contribution < -0.4 is 10.1 Å². The molecule has 0 bridgehead atoms. The number of hydrogen-bond donors (Lipinski definition) is 1. The molecule has 0 amide bonds. The van der Waals surface area contributed by atoms with Crippen molar-refractivity contribution < 1.29 is 17.9 Å².